The molecule has 1 N–H and O–H groups in total. The first-order chi connectivity index (χ1) is 9.33. The van der Waals surface area contributed by atoms with E-state index in [-0.39, 0.29) is 0 Å². The molecule has 1 aliphatic rings. The second kappa shape index (κ2) is 5.85. The van der Waals surface area contributed by atoms with Crippen molar-refractivity contribution in [2.24, 2.45) is 5.92 Å². The van der Waals surface area contributed by atoms with Crippen LogP contribution in [0.4, 0.5) is 0 Å². The minimum Gasteiger partial charge on any atom is -0.310 e. The maximum atomic E-state index is 4.28. The van der Waals surface area contributed by atoms with Crippen LogP contribution >= 0.6 is 15.9 Å². The van der Waals surface area contributed by atoms with Gasteiger partial charge in [-0.1, -0.05) is 30.3 Å². The van der Waals surface area contributed by atoms with Crippen molar-refractivity contribution in [3.8, 4) is 0 Å². The average molecular weight is 317 g/mol. The number of pyridine rings is 1. The number of hydrogen-bond donors (Lipinski definition) is 1. The summed E-state index contributed by atoms with van der Waals surface area (Å²) in [6.07, 6.45) is 6.17. The molecule has 3 heteroatoms. The summed E-state index contributed by atoms with van der Waals surface area (Å²) in [4.78, 5) is 4.28. The van der Waals surface area contributed by atoms with E-state index in [2.05, 4.69) is 62.6 Å². The Hall–Kier alpha value is -1.19. The van der Waals surface area contributed by atoms with Crippen LogP contribution in [0.25, 0.3) is 0 Å². The van der Waals surface area contributed by atoms with Gasteiger partial charge in [0, 0.05) is 22.9 Å². The predicted molar refractivity (Wildman–Crippen MR) is 80.9 cm³/mol. The van der Waals surface area contributed by atoms with Crippen LogP contribution in [-0.2, 0) is 6.42 Å². The molecule has 0 radical (unpaired) electrons. The first kappa shape index (κ1) is 12.8. The van der Waals surface area contributed by atoms with Crippen LogP contribution in [0.15, 0.2) is 53.3 Å². The Morgan fingerprint density at radius 2 is 2.05 bits per heavy atom. The molecule has 0 aliphatic carbocycles. The quantitative estimate of drug-likeness (QED) is 0.933. The molecule has 0 spiro atoms. The van der Waals surface area contributed by atoms with Crippen molar-refractivity contribution in [2.45, 2.75) is 18.9 Å². The number of aromatic nitrogens is 1. The van der Waals surface area contributed by atoms with Crippen LogP contribution in [0.1, 0.15) is 23.6 Å². The summed E-state index contributed by atoms with van der Waals surface area (Å²) in [6.45, 7) is 1.09. The van der Waals surface area contributed by atoms with E-state index in [0.717, 1.165) is 17.4 Å². The zero-order valence-electron chi connectivity index (χ0n) is 10.7. The largest absolute Gasteiger partial charge is 0.310 e. The number of benzene rings is 1. The first-order valence-corrected chi connectivity index (χ1v) is 7.50. The molecule has 19 heavy (non-hydrogen) atoms. The summed E-state index contributed by atoms with van der Waals surface area (Å²) < 4.78 is 1.05. The van der Waals surface area contributed by atoms with Crippen LogP contribution in [0.2, 0.25) is 0 Å². The van der Waals surface area contributed by atoms with Gasteiger partial charge in [-0.25, -0.2) is 0 Å². The van der Waals surface area contributed by atoms with Crippen molar-refractivity contribution in [1.82, 2.24) is 10.3 Å². The fourth-order valence-electron chi connectivity index (χ4n) is 2.88. The smallest absolute Gasteiger partial charge is 0.0410 e. The van der Waals surface area contributed by atoms with Crippen molar-refractivity contribution in [1.29, 1.82) is 0 Å². The van der Waals surface area contributed by atoms with Gasteiger partial charge in [0.05, 0.1) is 0 Å². The van der Waals surface area contributed by atoms with Crippen molar-refractivity contribution in [2.75, 3.05) is 6.54 Å². The highest BCUT2D eigenvalue weighted by Crippen LogP contribution is 2.32. The monoisotopic (exact) mass is 316 g/mol. The topological polar surface area (TPSA) is 24.9 Å². The molecule has 2 heterocycles. The summed E-state index contributed by atoms with van der Waals surface area (Å²) in [7, 11) is 0. The molecular weight excluding hydrogens is 300 g/mol. The third kappa shape index (κ3) is 3.04. The Morgan fingerprint density at radius 1 is 1.21 bits per heavy atom. The summed E-state index contributed by atoms with van der Waals surface area (Å²) >= 11 is 3.51. The molecule has 98 valence electrons. The summed E-state index contributed by atoms with van der Waals surface area (Å²) in [5, 5.41) is 3.61. The van der Waals surface area contributed by atoms with E-state index in [9.17, 15) is 0 Å². The van der Waals surface area contributed by atoms with Gasteiger partial charge < -0.3 is 5.32 Å². The lowest BCUT2D eigenvalue weighted by Gasteiger charge is -2.20. The van der Waals surface area contributed by atoms with Gasteiger partial charge in [0.1, 0.15) is 0 Å². The third-order valence-electron chi connectivity index (χ3n) is 3.78. The average Bonchev–Trinajstić information content (AvgIpc) is 2.88. The minimum absolute atomic E-state index is 0.421. The molecule has 1 saturated heterocycles. The summed E-state index contributed by atoms with van der Waals surface area (Å²) in [5.41, 5.74) is 2.71. The van der Waals surface area contributed by atoms with E-state index in [0.29, 0.717) is 12.0 Å². The van der Waals surface area contributed by atoms with Crippen molar-refractivity contribution >= 4 is 15.9 Å². The second-order valence-electron chi connectivity index (χ2n) is 5.11. The lowest BCUT2D eigenvalue weighted by Crippen LogP contribution is -2.19. The summed E-state index contributed by atoms with van der Waals surface area (Å²) in [5.74, 6) is 0.651. The molecule has 1 fully saturated rings. The molecule has 2 atom stereocenters. The lowest BCUT2D eigenvalue weighted by molar-refractivity contribution is 0.459. The van der Waals surface area contributed by atoms with Crippen LogP contribution < -0.4 is 5.32 Å². The van der Waals surface area contributed by atoms with E-state index in [1.807, 2.05) is 12.4 Å². The fourth-order valence-corrected chi connectivity index (χ4v) is 3.27. The minimum atomic E-state index is 0.421. The van der Waals surface area contributed by atoms with Gasteiger partial charge in [-0.3, -0.25) is 4.98 Å². The van der Waals surface area contributed by atoms with E-state index >= 15 is 0 Å². The van der Waals surface area contributed by atoms with Crippen molar-refractivity contribution in [3.05, 3.63) is 64.4 Å². The highest BCUT2D eigenvalue weighted by atomic mass is 79.9. The molecular formula is C16H17BrN2. The van der Waals surface area contributed by atoms with Crippen molar-refractivity contribution < 1.29 is 0 Å². The second-order valence-corrected chi connectivity index (χ2v) is 6.02. The van der Waals surface area contributed by atoms with Gasteiger partial charge in [0.25, 0.3) is 0 Å². The molecule has 1 aromatic heterocycles. The first-order valence-electron chi connectivity index (χ1n) is 6.71. The Balaban J connectivity index is 1.78. The molecule has 0 amide bonds. The molecule has 1 aromatic carbocycles. The van der Waals surface area contributed by atoms with Crippen LogP contribution in [0.3, 0.4) is 0 Å². The SMILES string of the molecule is Brc1cncc(C2NCCC2Cc2ccccc2)c1. The molecule has 2 aromatic rings. The third-order valence-corrected chi connectivity index (χ3v) is 4.21. The Kier molecular flexibility index (Phi) is 3.95. The number of hydrogen-bond acceptors (Lipinski definition) is 2. The fraction of sp³-hybridized carbons (Fsp3) is 0.312. The van der Waals surface area contributed by atoms with Gasteiger partial charge >= 0.3 is 0 Å². The molecule has 2 unspecified atom stereocenters. The molecule has 0 bridgehead atoms. The van der Waals surface area contributed by atoms with Gasteiger partial charge in [-0.05, 0) is 58.4 Å². The van der Waals surface area contributed by atoms with Crippen LogP contribution in [0.5, 0.6) is 0 Å². The number of rotatable bonds is 3. The molecule has 1 aliphatic heterocycles. The molecule has 0 saturated carbocycles. The summed E-state index contributed by atoms with van der Waals surface area (Å²) in [6, 6.07) is 13.3. The maximum absolute atomic E-state index is 4.28. The highest BCUT2D eigenvalue weighted by Gasteiger charge is 2.28. The van der Waals surface area contributed by atoms with Gasteiger partial charge in [0.15, 0.2) is 0 Å². The van der Waals surface area contributed by atoms with Crippen LogP contribution in [-0.4, -0.2) is 11.5 Å². The lowest BCUT2D eigenvalue weighted by atomic mass is 9.89. The number of halogens is 1. The van der Waals surface area contributed by atoms with E-state index in [1.165, 1.54) is 17.5 Å². The van der Waals surface area contributed by atoms with E-state index in [1.54, 1.807) is 0 Å². The van der Waals surface area contributed by atoms with Crippen molar-refractivity contribution in [3.63, 3.8) is 0 Å². The molecule has 3 rings (SSSR count). The Morgan fingerprint density at radius 3 is 2.84 bits per heavy atom. The van der Waals surface area contributed by atoms with Gasteiger partial charge in [-0.15, -0.1) is 0 Å². The Labute approximate surface area is 122 Å². The predicted octanol–water partition coefficient (Wildman–Crippen LogP) is 3.74. The maximum Gasteiger partial charge on any atom is 0.0410 e. The van der Waals surface area contributed by atoms with E-state index in [4.69, 9.17) is 0 Å². The standard InChI is InChI=1S/C16H17BrN2/c17-15-9-14(10-18-11-15)16-13(6-7-19-16)8-12-4-2-1-3-5-12/h1-5,9-11,13,16,19H,6-8H2. The Bertz CT molecular complexity index is 541. The normalized spacial score (nSPS) is 22.6. The van der Waals surface area contributed by atoms with Gasteiger partial charge in [0.2, 0.25) is 0 Å². The van der Waals surface area contributed by atoms with Gasteiger partial charge in [-0.2, -0.15) is 0 Å². The zero-order valence-corrected chi connectivity index (χ0v) is 12.3. The zero-order chi connectivity index (χ0) is 13.1. The number of nitrogens with one attached hydrogen (secondary N) is 1. The molecule has 2 nitrogen and oxygen atoms in total. The van der Waals surface area contributed by atoms with Crippen LogP contribution in [0, 0.1) is 5.92 Å². The van der Waals surface area contributed by atoms with E-state index < -0.39 is 0 Å². The number of nitrogens with zero attached hydrogens (tertiary/aromatic N) is 1. The highest BCUT2D eigenvalue weighted by molar-refractivity contribution is 9.10.